The third-order valence-corrected chi connectivity index (χ3v) is 5.23. The molecule has 1 aromatic carbocycles. The van der Waals surface area contributed by atoms with E-state index in [1.807, 2.05) is 12.1 Å². The first-order chi connectivity index (χ1) is 15.5. The second kappa shape index (κ2) is 9.69. The average molecular weight is 455 g/mol. The summed E-state index contributed by atoms with van der Waals surface area (Å²) in [5, 5.41) is 7.57. The summed E-state index contributed by atoms with van der Waals surface area (Å²) in [4.78, 5) is 30.4. The van der Waals surface area contributed by atoms with Crippen molar-refractivity contribution in [1.29, 1.82) is 0 Å². The van der Waals surface area contributed by atoms with Crippen molar-refractivity contribution in [1.82, 2.24) is 20.1 Å². The number of carbonyl (C=O) groups excluding carboxylic acids is 2. The monoisotopic (exact) mass is 454 g/mol. The van der Waals surface area contributed by atoms with E-state index in [1.165, 1.54) is 0 Å². The van der Waals surface area contributed by atoms with E-state index in [0.29, 0.717) is 48.2 Å². The maximum atomic E-state index is 12.4. The zero-order valence-electron chi connectivity index (χ0n) is 17.3. The van der Waals surface area contributed by atoms with Gasteiger partial charge in [-0.25, -0.2) is 4.98 Å². The molecule has 9 nitrogen and oxygen atoms in total. The molecule has 0 bridgehead atoms. The van der Waals surface area contributed by atoms with Crippen LogP contribution in [-0.2, 0) is 11.3 Å². The van der Waals surface area contributed by atoms with E-state index in [2.05, 4.69) is 15.4 Å². The standard InChI is InChI=1S/C22H23ClN6O3/c23-16-3-1-4-17(11-16)32-10-8-25-22(31)18-14-28(27-21(18)24)13-15-6-7-19(26-12-15)29-9-2-5-20(29)30/h1,3-4,6-7,11-12,14H,2,5,8-10,13H2,(H2,24,27)(H,25,31). The Balaban J connectivity index is 1.30. The van der Waals surface area contributed by atoms with Crippen LogP contribution in [0.25, 0.3) is 0 Å². The molecule has 0 atom stereocenters. The number of anilines is 2. The highest BCUT2D eigenvalue weighted by Crippen LogP contribution is 2.20. The van der Waals surface area contributed by atoms with E-state index < -0.39 is 0 Å². The van der Waals surface area contributed by atoms with Crippen LogP contribution in [0.15, 0.2) is 48.8 Å². The van der Waals surface area contributed by atoms with Crippen molar-refractivity contribution in [3.63, 3.8) is 0 Å². The van der Waals surface area contributed by atoms with Gasteiger partial charge in [-0.2, -0.15) is 5.10 Å². The van der Waals surface area contributed by atoms with Crippen molar-refractivity contribution in [2.24, 2.45) is 0 Å². The van der Waals surface area contributed by atoms with Gasteiger partial charge in [0, 0.05) is 30.4 Å². The molecular weight excluding hydrogens is 432 g/mol. The molecule has 32 heavy (non-hydrogen) atoms. The fourth-order valence-corrected chi connectivity index (χ4v) is 3.61. The Kier molecular flexibility index (Phi) is 6.55. The van der Waals surface area contributed by atoms with Crippen LogP contribution in [0.5, 0.6) is 5.75 Å². The van der Waals surface area contributed by atoms with Gasteiger partial charge in [0.15, 0.2) is 5.82 Å². The molecule has 2 amide bonds. The number of benzene rings is 1. The van der Waals surface area contributed by atoms with Crippen molar-refractivity contribution in [3.8, 4) is 5.75 Å². The molecule has 1 saturated heterocycles. The number of nitrogen functional groups attached to an aromatic ring is 1. The Labute approximate surface area is 190 Å². The van der Waals surface area contributed by atoms with E-state index in [4.69, 9.17) is 22.1 Å². The molecule has 3 heterocycles. The Morgan fingerprint density at radius 3 is 2.88 bits per heavy atom. The van der Waals surface area contributed by atoms with E-state index in [9.17, 15) is 9.59 Å². The second-order valence-electron chi connectivity index (χ2n) is 7.36. The van der Waals surface area contributed by atoms with Gasteiger partial charge in [-0.15, -0.1) is 0 Å². The Hall–Kier alpha value is -3.59. The lowest BCUT2D eigenvalue weighted by Crippen LogP contribution is -2.28. The lowest BCUT2D eigenvalue weighted by molar-refractivity contribution is -0.117. The zero-order valence-corrected chi connectivity index (χ0v) is 18.1. The van der Waals surface area contributed by atoms with Crippen LogP contribution in [0, 0.1) is 0 Å². The molecule has 1 aliphatic rings. The van der Waals surface area contributed by atoms with Gasteiger partial charge in [0.2, 0.25) is 5.91 Å². The van der Waals surface area contributed by atoms with E-state index >= 15 is 0 Å². The van der Waals surface area contributed by atoms with Crippen LogP contribution in [0.3, 0.4) is 0 Å². The number of halogens is 1. The summed E-state index contributed by atoms with van der Waals surface area (Å²) in [6, 6.07) is 10.8. The molecule has 0 aliphatic carbocycles. The van der Waals surface area contributed by atoms with Crippen molar-refractivity contribution < 1.29 is 14.3 Å². The molecule has 0 radical (unpaired) electrons. The molecule has 1 fully saturated rings. The molecule has 4 rings (SSSR count). The van der Waals surface area contributed by atoms with Crippen LogP contribution in [0.4, 0.5) is 11.6 Å². The van der Waals surface area contributed by atoms with Crippen molar-refractivity contribution in [2.45, 2.75) is 19.4 Å². The number of carbonyl (C=O) groups is 2. The van der Waals surface area contributed by atoms with Gasteiger partial charge in [-0.05, 0) is 36.2 Å². The minimum absolute atomic E-state index is 0.0960. The number of aromatic nitrogens is 3. The van der Waals surface area contributed by atoms with E-state index in [0.717, 1.165) is 12.0 Å². The maximum Gasteiger partial charge on any atom is 0.256 e. The zero-order chi connectivity index (χ0) is 22.5. The highest BCUT2D eigenvalue weighted by molar-refractivity contribution is 6.30. The largest absolute Gasteiger partial charge is 0.492 e. The minimum atomic E-state index is -0.329. The number of hydrogen-bond acceptors (Lipinski definition) is 6. The number of amides is 2. The summed E-state index contributed by atoms with van der Waals surface area (Å²) in [5.74, 6) is 1.19. The number of nitrogens with one attached hydrogen (secondary N) is 1. The molecule has 1 aliphatic heterocycles. The predicted molar refractivity (Wildman–Crippen MR) is 121 cm³/mol. The average Bonchev–Trinajstić information content (AvgIpc) is 3.37. The molecule has 166 valence electrons. The Bertz CT molecular complexity index is 1120. The molecular formula is C22H23ClN6O3. The number of nitrogens with two attached hydrogens (primary N) is 1. The SMILES string of the molecule is Nc1nn(Cc2ccc(N3CCCC3=O)nc2)cc1C(=O)NCCOc1cccc(Cl)c1. The van der Waals surface area contributed by atoms with Crippen molar-refractivity contribution >= 4 is 35.1 Å². The van der Waals surface area contributed by atoms with Gasteiger partial charge in [-0.1, -0.05) is 23.7 Å². The summed E-state index contributed by atoms with van der Waals surface area (Å²) in [7, 11) is 0. The first-order valence-corrected chi connectivity index (χ1v) is 10.6. The molecule has 10 heteroatoms. The number of ether oxygens (including phenoxy) is 1. The van der Waals surface area contributed by atoms with Gasteiger partial charge in [-0.3, -0.25) is 19.2 Å². The summed E-state index contributed by atoms with van der Waals surface area (Å²) in [6.45, 7) is 1.69. The molecule has 0 spiro atoms. The third kappa shape index (κ3) is 5.17. The van der Waals surface area contributed by atoms with E-state index in [1.54, 1.807) is 46.2 Å². The molecule has 3 N–H and O–H groups in total. The van der Waals surface area contributed by atoms with Gasteiger partial charge in [0.1, 0.15) is 23.7 Å². The smallest absolute Gasteiger partial charge is 0.256 e. The number of rotatable bonds is 8. The molecule has 2 aromatic heterocycles. The molecule has 3 aromatic rings. The van der Waals surface area contributed by atoms with Crippen molar-refractivity contribution in [2.75, 3.05) is 30.3 Å². The fraction of sp³-hybridized carbons (Fsp3) is 0.273. The number of pyridine rings is 1. The number of nitrogens with zero attached hydrogens (tertiary/aromatic N) is 4. The van der Waals surface area contributed by atoms with Crippen LogP contribution < -0.4 is 20.7 Å². The summed E-state index contributed by atoms with van der Waals surface area (Å²) >= 11 is 5.92. The van der Waals surface area contributed by atoms with Crippen molar-refractivity contribution in [3.05, 3.63) is 64.9 Å². The highest BCUT2D eigenvalue weighted by Gasteiger charge is 2.22. The lowest BCUT2D eigenvalue weighted by Gasteiger charge is -2.14. The summed E-state index contributed by atoms with van der Waals surface area (Å²) in [5.41, 5.74) is 7.10. The maximum absolute atomic E-state index is 12.4. The van der Waals surface area contributed by atoms with Gasteiger partial charge in [0.05, 0.1) is 13.1 Å². The van der Waals surface area contributed by atoms with Gasteiger partial charge < -0.3 is 15.8 Å². The Morgan fingerprint density at radius 2 is 2.16 bits per heavy atom. The summed E-state index contributed by atoms with van der Waals surface area (Å²) < 4.78 is 7.15. The quantitative estimate of drug-likeness (QED) is 0.505. The first kappa shape index (κ1) is 21.6. The van der Waals surface area contributed by atoms with Gasteiger partial charge in [0.25, 0.3) is 5.91 Å². The molecule has 0 saturated carbocycles. The Morgan fingerprint density at radius 1 is 1.28 bits per heavy atom. The topological polar surface area (TPSA) is 115 Å². The third-order valence-electron chi connectivity index (χ3n) is 4.99. The predicted octanol–water partition coefficient (Wildman–Crippen LogP) is 2.50. The number of hydrogen-bond donors (Lipinski definition) is 2. The normalized spacial score (nSPS) is 13.4. The van der Waals surface area contributed by atoms with Gasteiger partial charge >= 0.3 is 0 Å². The lowest BCUT2D eigenvalue weighted by atomic mass is 10.2. The van der Waals surface area contributed by atoms with Crippen LogP contribution in [0.2, 0.25) is 5.02 Å². The van der Waals surface area contributed by atoms with Crippen LogP contribution >= 0.6 is 11.6 Å². The van der Waals surface area contributed by atoms with E-state index in [-0.39, 0.29) is 24.2 Å². The summed E-state index contributed by atoms with van der Waals surface area (Å²) in [6.07, 6.45) is 4.71. The fourth-order valence-electron chi connectivity index (χ4n) is 3.42. The highest BCUT2D eigenvalue weighted by atomic mass is 35.5. The van der Waals surface area contributed by atoms with Crippen LogP contribution in [-0.4, -0.2) is 46.3 Å². The second-order valence-corrected chi connectivity index (χ2v) is 7.80. The van der Waals surface area contributed by atoms with Crippen LogP contribution in [0.1, 0.15) is 28.8 Å². The molecule has 0 unspecified atom stereocenters. The minimum Gasteiger partial charge on any atom is -0.492 e. The first-order valence-electron chi connectivity index (χ1n) is 10.2.